The van der Waals surface area contributed by atoms with Gasteiger partial charge in [0.05, 0.1) is 0 Å². The number of hydrogen-bond acceptors (Lipinski definition) is 2. The summed E-state index contributed by atoms with van der Waals surface area (Å²) in [5, 5.41) is 1.10. The molecule has 20 heavy (non-hydrogen) atoms. The highest BCUT2D eigenvalue weighted by atomic mass is 32.2. The van der Waals surface area contributed by atoms with Crippen LogP contribution in [0, 0.1) is 5.92 Å². The Bertz CT molecular complexity index is 491. The summed E-state index contributed by atoms with van der Waals surface area (Å²) in [5.74, 6) is -0.135. The van der Waals surface area contributed by atoms with Crippen LogP contribution >= 0.6 is 11.8 Å². The molecule has 4 heteroatoms. The van der Waals surface area contributed by atoms with Crippen LogP contribution in [0.3, 0.4) is 0 Å². The lowest BCUT2D eigenvalue weighted by Gasteiger charge is -2.38. The standard InChI is InChI=1S/C16H18F2OS/c17-16(18)14-7-2-1-6-13(14)15(19)10-8-11-4-3-5-12(9-10)20-11/h1-2,6-7,10-12,16H,3-5,8-9H2. The summed E-state index contributed by atoms with van der Waals surface area (Å²) >= 11 is 2.00. The summed E-state index contributed by atoms with van der Waals surface area (Å²) in [4.78, 5) is 12.6. The number of carbonyl (C=O) groups is 1. The number of hydrogen-bond donors (Lipinski definition) is 0. The largest absolute Gasteiger partial charge is 0.294 e. The van der Waals surface area contributed by atoms with Gasteiger partial charge in [-0.1, -0.05) is 30.7 Å². The molecule has 1 nitrogen and oxygen atoms in total. The van der Waals surface area contributed by atoms with Crippen molar-refractivity contribution in [3.8, 4) is 0 Å². The van der Waals surface area contributed by atoms with E-state index in [4.69, 9.17) is 0 Å². The highest BCUT2D eigenvalue weighted by molar-refractivity contribution is 8.00. The van der Waals surface area contributed by atoms with Gasteiger partial charge in [0.2, 0.25) is 0 Å². The van der Waals surface area contributed by atoms with Gasteiger partial charge in [0.1, 0.15) is 0 Å². The third-order valence-electron chi connectivity index (χ3n) is 4.36. The summed E-state index contributed by atoms with van der Waals surface area (Å²) < 4.78 is 26.1. The second-order valence-electron chi connectivity index (χ2n) is 5.73. The minimum absolute atomic E-state index is 0.0635. The molecule has 0 aliphatic carbocycles. The Balaban J connectivity index is 1.82. The van der Waals surface area contributed by atoms with Crippen molar-refractivity contribution >= 4 is 17.5 Å². The van der Waals surface area contributed by atoms with E-state index in [2.05, 4.69) is 0 Å². The molecule has 2 bridgehead atoms. The molecule has 108 valence electrons. The first kappa shape index (κ1) is 14.1. The predicted octanol–water partition coefficient (Wildman–Crippen LogP) is 4.87. The minimum atomic E-state index is -2.58. The first-order chi connectivity index (χ1) is 9.65. The monoisotopic (exact) mass is 296 g/mol. The average Bonchev–Trinajstić information content (AvgIpc) is 2.46. The maximum absolute atomic E-state index is 13.0. The van der Waals surface area contributed by atoms with Crippen molar-refractivity contribution in [1.29, 1.82) is 0 Å². The van der Waals surface area contributed by atoms with Crippen molar-refractivity contribution in [2.24, 2.45) is 5.92 Å². The molecule has 0 saturated carbocycles. The summed E-state index contributed by atoms with van der Waals surface area (Å²) in [6, 6.07) is 6.18. The number of thioether (sulfide) groups is 1. The maximum atomic E-state index is 13.0. The molecule has 2 saturated heterocycles. The van der Waals surface area contributed by atoms with Crippen molar-refractivity contribution in [3.05, 3.63) is 35.4 Å². The highest BCUT2D eigenvalue weighted by Gasteiger charge is 2.36. The molecule has 0 amide bonds. The zero-order valence-corrected chi connectivity index (χ0v) is 12.0. The summed E-state index contributed by atoms with van der Waals surface area (Å²) in [5.41, 5.74) is 0.123. The topological polar surface area (TPSA) is 17.1 Å². The highest BCUT2D eigenvalue weighted by Crippen LogP contribution is 2.45. The maximum Gasteiger partial charge on any atom is 0.264 e. The molecule has 0 N–H and O–H groups in total. The van der Waals surface area contributed by atoms with Crippen LogP contribution in [0.15, 0.2) is 24.3 Å². The second kappa shape index (κ2) is 5.84. The first-order valence-electron chi connectivity index (χ1n) is 7.22. The molecule has 0 radical (unpaired) electrons. The van der Waals surface area contributed by atoms with E-state index < -0.39 is 6.43 Å². The first-order valence-corrected chi connectivity index (χ1v) is 8.16. The van der Waals surface area contributed by atoms with Crippen molar-refractivity contribution in [3.63, 3.8) is 0 Å². The Kier molecular flexibility index (Phi) is 4.11. The van der Waals surface area contributed by atoms with Crippen LogP contribution < -0.4 is 0 Å². The van der Waals surface area contributed by atoms with E-state index in [1.165, 1.54) is 25.3 Å². The van der Waals surface area contributed by atoms with E-state index >= 15 is 0 Å². The molecule has 1 aromatic rings. The van der Waals surface area contributed by atoms with Gasteiger partial charge in [-0.3, -0.25) is 4.79 Å². The summed E-state index contributed by atoms with van der Waals surface area (Å²) in [7, 11) is 0. The van der Waals surface area contributed by atoms with Crippen LogP contribution in [0.1, 0.15) is 54.5 Å². The van der Waals surface area contributed by atoms with Crippen molar-refractivity contribution in [1.82, 2.24) is 0 Å². The normalized spacial score (nSPS) is 29.4. The molecule has 2 unspecified atom stereocenters. The summed E-state index contributed by atoms with van der Waals surface area (Å²) in [6.07, 6.45) is 2.72. The Labute approximate surface area is 122 Å². The molecule has 2 aliphatic heterocycles. The van der Waals surface area contributed by atoms with Gasteiger partial charge >= 0.3 is 0 Å². The van der Waals surface area contributed by atoms with Gasteiger partial charge in [0, 0.05) is 27.5 Å². The molecule has 0 aromatic heterocycles. The molecule has 2 heterocycles. The van der Waals surface area contributed by atoms with Crippen LogP contribution in [-0.2, 0) is 0 Å². The number of carbonyl (C=O) groups excluding carboxylic acids is 1. The lowest BCUT2D eigenvalue weighted by Crippen LogP contribution is -2.33. The van der Waals surface area contributed by atoms with Crippen LogP contribution in [-0.4, -0.2) is 16.3 Å². The quantitative estimate of drug-likeness (QED) is 0.740. The van der Waals surface area contributed by atoms with Crippen molar-refractivity contribution < 1.29 is 13.6 Å². The number of rotatable bonds is 3. The van der Waals surface area contributed by atoms with Gasteiger partial charge in [0.15, 0.2) is 5.78 Å². The molecule has 2 atom stereocenters. The number of fused-ring (bicyclic) bond motifs is 2. The number of alkyl halides is 2. The minimum Gasteiger partial charge on any atom is -0.294 e. The third kappa shape index (κ3) is 2.76. The van der Waals surface area contributed by atoms with E-state index in [0.29, 0.717) is 10.5 Å². The van der Waals surface area contributed by atoms with Gasteiger partial charge in [-0.25, -0.2) is 8.78 Å². The van der Waals surface area contributed by atoms with Crippen LogP contribution in [0.25, 0.3) is 0 Å². The fourth-order valence-corrected chi connectivity index (χ4v) is 5.24. The zero-order valence-electron chi connectivity index (χ0n) is 11.2. The zero-order chi connectivity index (χ0) is 14.1. The Hall–Kier alpha value is -0.900. The molecular formula is C16H18F2OS. The molecular weight excluding hydrogens is 278 g/mol. The van der Waals surface area contributed by atoms with Gasteiger partial charge in [0.25, 0.3) is 6.43 Å². The van der Waals surface area contributed by atoms with Crippen LogP contribution in [0.2, 0.25) is 0 Å². The van der Waals surface area contributed by atoms with E-state index in [9.17, 15) is 13.6 Å². The van der Waals surface area contributed by atoms with E-state index in [0.717, 1.165) is 12.8 Å². The van der Waals surface area contributed by atoms with Gasteiger partial charge in [-0.05, 0) is 25.7 Å². The average molecular weight is 296 g/mol. The van der Waals surface area contributed by atoms with E-state index in [1.54, 1.807) is 18.2 Å². The smallest absolute Gasteiger partial charge is 0.264 e. The Morgan fingerprint density at radius 2 is 1.80 bits per heavy atom. The molecule has 2 fully saturated rings. The van der Waals surface area contributed by atoms with Crippen LogP contribution in [0.5, 0.6) is 0 Å². The van der Waals surface area contributed by atoms with Crippen molar-refractivity contribution in [2.45, 2.75) is 49.0 Å². The van der Waals surface area contributed by atoms with E-state index in [1.807, 2.05) is 11.8 Å². The van der Waals surface area contributed by atoms with E-state index in [-0.39, 0.29) is 22.8 Å². The molecule has 0 spiro atoms. The van der Waals surface area contributed by atoms with Gasteiger partial charge in [-0.2, -0.15) is 11.8 Å². The Morgan fingerprint density at radius 1 is 1.15 bits per heavy atom. The third-order valence-corrected chi connectivity index (χ3v) is 5.99. The lowest BCUT2D eigenvalue weighted by molar-refractivity contribution is 0.0884. The number of halogens is 2. The summed E-state index contributed by atoms with van der Waals surface area (Å²) in [6.45, 7) is 0. The number of Topliss-reactive ketones (excluding diaryl/α,β-unsaturated/α-hetero) is 1. The SMILES string of the molecule is O=C(c1ccccc1C(F)F)C1CC2CCCC(C1)S2. The van der Waals surface area contributed by atoms with Gasteiger partial charge in [-0.15, -0.1) is 0 Å². The molecule has 2 aliphatic rings. The molecule has 1 aromatic carbocycles. The lowest BCUT2D eigenvalue weighted by atomic mass is 9.83. The fraction of sp³-hybridized carbons (Fsp3) is 0.562. The Morgan fingerprint density at radius 3 is 2.45 bits per heavy atom. The number of ketones is 1. The number of benzene rings is 1. The van der Waals surface area contributed by atoms with Gasteiger partial charge < -0.3 is 0 Å². The van der Waals surface area contributed by atoms with Crippen molar-refractivity contribution in [2.75, 3.05) is 0 Å². The molecule has 3 rings (SSSR count). The second-order valence-corrected chi connectivity index (χ2v) is 7.34. The predicted molar refractivity (Wildman–Crippen MR) is 77.5 cm³/mol. The van der Waals surface area contributed by atoms with Crippen LogP contribution in [0.4, 0.5) is 8.78 Å². The fourth-order valence-electron chi connectivity index (χ4n) is 3.40.